The first-order chi connectivity index (χ1) is 17.0. The van der Waals surface area contributed by atoms with Gasteiger partial charge in [-0.2, -0.15) is 5.10 Å². The van der Waals surface area contributed by atoms with Crippen molar-refractivity contribution in [2.45, 2.75) is 32.2 Å². The van der Waals surface area contributed by atoms with Gasteiger partial charge in [0.1, 0.15) is 11.6 Å². The summed E-state index contributed by atoms with van der Waals surface area (Å²) in [7, 11) is 0. The maximum Gasteiger partial charge on any atom is 0.409 e. The van der Waals surface area contributed by atoms with Crippen LogP contribution in [0.2, 0.25) is 0 Å². The fraction of sp³-hybridized carbons (Fsp3) is 0.500. The molecule has 9 heteroatoms. The number of halogens is 1. The van der Waals surface area contributed by atoms with E-state index in [9.17, 15) is 9.18 Å². The molecule has 6 rings (SSSR count). The van der Waals surface area contributed by atoms with Crippen LogP contribution in [-0.2, 0) is 4.74 Å². The summed E-state index contributed by atoms with van der Waals surface area (Å²) in [5, 5.41) is 8.12. The minimum absolute atomic E-state index is 0.176. The average molecular weight is 479 g/mol. The number of anilines is 1. The van der Waals surface area contributed by atoms with Gasteiger partial charge in [0.05, 0.1) is 24.5 Å². The predicted molar refractivity (Wildman–Crippen MR) is 132 cm³/mol. The number of hydrogen-bond acceptors (Lipinski definition) is 6. The van der Waals surface area contributed by atoms with Crippen LogP contribution in [0.5, 0.6) is 0 Å². The van der Waals surface area contributed by atoms with E-state index in [1.807, 2.05) is 30.0 Å². The van der Waals surface area contributed by atoms with Crippen molar-refractivity contribution in [1.29, 1.82) is 0 Å². The maximum absolute atomic E-state index is 14.2. The number of nitrogens with one attached hydrogen (secondary N) is 1. The first-order valence-electron chi connectivity index (χ1n) is 12.5. The summed E-state index contributed by atoms with van der Waals surface area (Å²) in [5.41, 5.74) is 2.93. The van der Waals surface area contributed by atoms with Crippen molar-refractivity contribution in [2.24, 2.45) is 5.41 Å². The summed E-state index contributed by atoms with van der Waals surface area (Å²) >= 11 is 0. The highest BCUT2D eigenvalue weighted by Crippen LogP contribution is 2.47. The number of likely N-dealkylation sites (tertiary alicyclic amines) is 1. The number of benzene rings is 1. The fourth-order valence-corrected chi connectivity index (χ4v) is 6.18. The van der Waals surface area contributed by atoms with Gasteiger partial charge in [-0.15, -0.1) is 0 Å². The second-order valence-corrected chi connectivity index (χ2v) is 10.2. The third-order valence-electron chi connectivity index (χ3n) is 7.97. The van der Waals surface area contributed by atoms with Gasteiger partial charge in [0, 0.05) is 61.7 Å². The molecule has 1 aliphatic carbocycles. The van der Waals surface area contributed by atoms with Crippen LogP contribution in [0.25, 0.3) is 22.0 Å². The van der Waals surface area contributed by atoms with Crippen LogP contribution in [0.1, 0.15) is 26.2 Å². The summed E-state index contributed by atoms with van der Waals surface area (Å²) < 4.78 is 19.4. The number of piperazine rings is 1. The molecule has 0 bridgehead atoms. The highest BCUT2D eigenvalue weighted by molar-refractivity contribution is 5.86. The zero-order valence-corrected chi connectivity index (χ0v) is 20.0. The zero-order chi connectivity index (χ0) is 24.0. The number of carbonyl (C=O) groups is 1. The number of fused-ring (bicyclic) bond motifs is 1. The van der Waals surface area contributed by atoms with E-state index in [0.717, 1.165) is 73.5 Å². The van der Waals surface area contributed by atoms with Gasteiger partial charge in [-0.05, 0) is 43.9 Å². The van der Waals surface area contributed by atoms with Crippen LogP contribution in [0.15, 0.2) is 36.7 Å². The number of pyridine rings is 1. The molecule has 35 heavy (non-hydrogen) atoms. The van der Waals surface area contributed by atoms with E-state index in [1.54, 1.807) is 12.3 Å². The molecule has 0 unspecified atom stereocenters. The largest absolute Gasteiger partial charge is 0.450 e. The summed E-state index contributed by atoms with van der Waals surface area (Å²) in [6.07, 6.45) is 6.42. The Morgan fingerprint density at radius 2 is 2.03 bits per heavy atom. The smallest absolute Gasteiger partial charge is 0.409 e. The van der Waals surface area contributed by atoms with E-state index in [1.165, 1.54) is 19.0 Å². The lowest BCUT2D eigenvalue weighted by Gasteiger charge is -2.48. The molecule has 2 aliphatic heterocycles. The molecule has 8 nitrogen and oxygen atoms in total. The quantitative estimate of drug-likeness (QED) is 0.613. The zero-order valence-electron chi connectivity index (χ0n) is 20.0. The lowest BCUT2D eigenvalue weighted by atomic mass is 9.78. The number of carbonyl (C=O) groups excluding carboxylic acids is 1. The van der Waals surface area contributed by atoms with Crippen molar-refractivity contribution in [3.63, 3.8) is 0 Å². The second kappa shape index (κ2) is 8.78. The number of H-pyrrole nitrogens is 1. The Kier molecular flexibility index (Phi) is 5.59. The Bertz CT molecular complexity index is 1230. The van der Waals surface area contributed by atoms with Gasteiger partial charge in [-0.25, -0.2) is 14.2 Å². The maximum atomic E-state index is 14.2. The molecule has 2 aromatic heterocycles. The van der Waals surface area contributed by atoms with Gasteiger partial charge >= 0.3 is 6.09 Å². The predicted octanol–water partition coefficient (Wildman–Crippen LogP) is 3.90. The van der Waals surface area contributed by atoms with E-state index >= 15 is 0 Å². The highest BCUT2D eigenvalue weighted by Gasteiger charge is 2.51. The van der Waals surface area contributed by atoms with E-state index in [0.29, 0.717) is 12.6 Å². The first-order valence-corrected chi connectivity index (χ1v) is 12.5. The molecule has 1 spiro atoms. The lowest BCUT2D eigenvalue weighted by Crippen LogP contribution is -2.58. The van der Waals surface area contributed by atoms with Crippen molar-refractivity contribution >= 4 is 22.8 Å². The SMILES string of the molecule is CCOC(=O)N1CC2(CC[C@@H](N3CCN(c4ncc(F)cc4-c4ccc5cn[nH]c5c4)CC3)C2)C1. The van der Waals surface area contributed by atoms with Gasteiger partial charge in [-0.3, -0.25) is 10.00 Å². The topological polar surface area (TPSA) is 77.6 Å². The minimum Gasteiger partial charge on any atom is -0.450 e. The summed E-state index contributed by atoms with van der Waals surface area (Å²) in [4.78, 5) is 23.2. The normalized spacial score (nSPS) is 22.1. The van der Waals surface area contributed by atoms with E-state index in [4.69, 9.17) is 4.74 Å². The molecular formula is C26H31FN6O2. The molecule has 184 valence electrons. The Morgan fingerprint density at radius 1 is 1.20 bits per heavy atom. The van der Waals surface area contributed by atoms with Crippen LogP contribution in [0, 0.1) is 11.2 Å². The molecular weight excluding hydrogens is 447 g/mol. The molecule has 0 radical (unpaired) electrons. The van der Waals surface area contributed by atoms with Crippen molar-refractivity contribution in [2.75, 3.05) is 50.8 Å². The molecule has 3 aliphatic rings. The molecule has 1 aromatic carbocycles. The number of aromatic nitrogens is 3. The number of hydrogen-bond donors (Lipinski definition) is 1. The Balaban J connectivity index is 1.11. The fourth-order valence-electron chi connectivity index (χ4n) is 6.18. The summed E-state index contributed by atoms with van der Waals surface area (Å²) in [6, 6.07) is 8.16. The second-order valence-electron chi connectivity index (χ2n) is 10.2. The summed E-state index contributed by atoms with van der Waals surface area (Å²) in [5.74, 6) is 0.498. The molecule has 3 aromatic rings. The van der Waals surface area contributed by atoms with E-state index < -0.39 is 0 Å². The van der Waals surface area contributed by atoms with Crippen LogP contribution in [-0.4, -0.2) is 83.0 Å². The number of amides is 1. The number of nitrogens with zero attached hydrogens (tertiary/aromatic N) is 5. The highest BCUT2D eigenvalue weighted by atomic mass is 19.1. The molecule has 3 fully saturated rings. The number of ether oxygens (including phenoxy) is 1. The van der Waals surface area contributed by atoms with Crippen molar-refractivity contribution in [3.8, 4) is 11.1 Å². The standard InChI is InChI=1S/C26H31FN6O2/c1-2-35-25(34)33-16-26(17-33)6-5-21(13-26)31-7-9-32(10-8-31)24-22(12-20(27)15-28-24)18-3-4-19-14-29-30-23(19)11-18/h3-4,11-12,14-15,21H,2,5-10,13,16-17H2,1H3,(H,29,30)/t21-/m1/s1. The molecule has 1 amide bonds. The van der Waals surface area contributed by atoms with Gasteiger partial charge < -0.3 is 14.5 Å². The molecule has 4 heterocycles. The molecule has 1 N–H and O–H groups in total. The third kappa shape index (κ3) is 4.11. The van der Waals surface area contributed by atoms with Gasteiger partial charge in [-0.1, -0.05) is 12.1 Å². The van der Waals surface area contributed by atoms with Gasteiger partial charge in [0.25, 0.3) is 0 Å². The van der Waals surface area contributed by atoms with Crippen LogP contribution < -0.4 is 4.90 Å². The average Bonchev–Trinajstić information content (AvgIpc) is 3.51. The number of rotatable bonds is 4. The van der Waals surface area contributed by atoms with Gasteiger partial charge in [0.15, 0.2) is 0 Å². The van der Waals surface area contributed by atoms with Gasteiger partial charge in [0.2, 0.25) is 0 Å². The third-order valence-corrected chi connectivity index (χ3v) is 7.97. The molecule has 1 atom stereocenters. The molecule has 2 saturated heterocycles. The lowest BCUT2D eigenvalue weighted by molar-refractivity contribution is -0.00294. The van der Waals surface area contributed by atoms with Crippen molar-refractivity contribution < 1.29 is 13.9 Å². The van der Waals surface area contributed by atoms with Crippen LogP contribution in [0.4, 0.5) is 15.0 Å². The summed E-state index contributed by atoms with van der Waals surface area (Å²) in [6.45, 7) is 7.56. The number of aromatic amines is 1. The van der Waals surface area contributed by atoms with Crippen LogP contribution in [0.3, 0.4) is 0 Å². The minimum atomic E-state index is -0.333. The molecule has 1 saturated carbocycles. The van der Waals surface area contributed by atoms with E-state index in [2.05, 4.69) is 25.0 Å². The Hall–Kier alpha value is -3.20. The van der Waals surface area contributed by atoms with Crippen molar-refractivity contribution in [3.05, 3.63) is 42.5 Å². The first kappa shape index (κ1) is 22.3. The van der Waals surface area contributed by atoms with E-state index in [-0.39, 0.29) is 17.3 Å². The van der Waals surface area contributed by atoms with Crippen molar-refractivity contribution in [1.82, 2.24) is 25.0 Å². The van der Waals surface area contributed by atoms with Crippen LogP contribution >= 0.6 is 0 Å². The Labute approximate surface area is 204 Å². The monoisotopic (exact) mass is 478 g/mol. The Morgan fingerprint density at radius 3 is 2.83 bits per heavy atom.